The molecule has 2 aliphatic heterocycles. The van der Waals surface area contributed by atoms with Gasteiger partial charge in [-0.25, -0.2) is 0 Å². The number of hydrogen-bond donors (Lipinski definition) is 2. The van der Waals surface area contributed by atoms with Crippen molar-refractivity contribution in [2.75, 3.05) is 41.3 Å². The number of hydrogen-bond acceptors (Lipinski definition) is 7. The van der Waals surface area contributed by atoms with Crippen molar-refractivity contribution in [3.8, 4) is 0 Å². The Morgan fingerprint density at radius 3 is 1.79 bits per heavy atom. The van der Waals surface area contributed by atoms with E-state index in [2.05, 4.69) is 30.1 Å². The standard InChI is InChI=1S/C16H26N6O2/c1-12(13(23)24)17-14-18-15(21-8-4-2-5-9-21)20-16(19-14)22-10-6-3-7-11-22/h12H,2-11H2,1H3,(H,23,24)(H,17,18,19,20)/t12-/m0/s1. The highest BCUT2D eigenvalue weighted by atomic mass is 16.4. The van der Waals surface area contributed by atoms with E-state index in [1.54, 1.807) is 6.92 Å². The third kappa shape index (κ3) is 4.04. The number of aliphatic carboxylic acids is 1. The van der Waals surface area contributed by atoms with Gasteiger partial charge in [-0.1, -0.05) is 0 Å². The van der Waals surface area contributed by atoms with Crippen molar-refractivity contribution < 1.29 is 9.90 Å². The lowest BCUT2D eigenvalue weighted by atomic mass is 10.1. The van der Waals surface area contributed by atoms with Gasteiger partial charge in [0, 0.05) is 26.2 Å². The van der Waals surface area contributed by atoms with Crippen LogP contribution >= 0.6 is 0 Å². The first-order valence-corrected chi connectivity index (χ1v) is 8.89. The smallest absolute Gasteiger partial charge is 0.325 e. The lowest BCUT2D eigenvalue weighted by molar-refractivity contribution is -0.137. The summed E-state index contributed by atoms with van der Waals surface area (Å²) in [6, 6.07) is -0.740. The minimum atomic E-state index is -0.922. The van der Waals surface area contributed by atoms with E-state index in [0.717, 1.165) is 51.9 Å². The van der Waals surface area contributed by atoms with E-state index in [1.165, 1.54) is 12.8 Å². The van der Waals surface area contributed by atoms with E-state index in [9.17, 15) is 4.79 Å². The summed E-state index contributed by atoms with van der Waals surface area (Å²) in [6.45, 7) is 5.36. The second-order valence-electron chi connectivity index (χ2n) is 6.56. The number of rotatable bonds is 5. The van der Waals surface area contributed by atoms with Crippen molar-refractivity contribution in [3.05, 3.63) is 0 Å². The van der Waals surface area contributed by atoms with Crippen molar-refractivity contribution >= 4 is 23.8 Å². The van der Waals surface area contributed by atoms with Gasteiger partial charge >= 0.3 is 5.97 Å². The van der Waals surface area contributed by atoms with E-state index >= 15 is 0 Å². The van der Waals surface area contributed by atoms with E-state index in [-0.39, 0.29) is 0 Å². The number of aromatic nitrogens is 3. The van der Waals surface area contributed by atoms with Crippen LogP contribution in [0.3, 0.4) is 0 Å². The molecule has 0 amide bonds. The fraction of sp³-hybridized carbons (Fsp3) is 0.750. The van der Waals surface area contributed by atoms with Crippen LogP contribution in [0.1, 0.15) is 45.4 Å². The average molecular weight is 334 g/mol. The molecule has 1 aromatic heterocycles. The molecule has 24 heavy (non-hydrogen) atoms. The Labute approximate surface area is 142 Å². The molecule has 8 heteroatoms. The van der Waals surface area contributed by atoms with Crippen LogP contribution in [0.15, 0.2) is 0 Å². The van der Waals surface area contributed by atoms with Gasteiger partial charge in [0.2, 0.25) is 17.8 Å². The van der Waals surface area contributed by atoms with Crippen LogP contribution < -0.4 is 15.1 Å². The van der Waals surface area contributed by atoms with Gasteiger partial charge < -0.3 is 20.2 Å². The van der Waals surface area contributed by atoms with Gasteiger partial charge in [-0.15, -0.1) is 0 Å². The van der Waals surface area contributed by atoms with Gasteiger partial charge in [0.1, 0.15) is 6.04 Å². The van der Waals surface area contributed by atoms with Gasteiger partial charge in [-0.2, -0.15) is 15.0 Å². The highest BCUT2D eigenvalue weighted by Crippen LogP contribution is 2.22. The fourth-order valence-corrected chi connectivity index (χ4v) is 3.14. The van der Waals surface area contributed by atoms with E-state index in [4.69, 9.17) is 5.11 Å². The van der Waals surface area contributed by atoms with Crippen molar-refractivity contribution in [1.82, 2.24) is 15.0 Å². The molecule has 0 bridgehead atoms. The zero-order valence-corrected chi connectivity index (χ0v) is 14.2. The second-order valence-corrected chi connectivity index (χ2v) is 6.56. The minimum Gasteiger partial charge on any atom is -0.480 e. The lowest BCUT2D eigenvalue weighted by Crippen LogP contribution is -2.35. The van der Waals surface area contributed by atoms with Gasteiger partial charge in [-0.05, 0) is 45.4 Å². The molecule has 0 aliphatic carbocycles. The maximum absolute atomic E-state index is 11.1. The maximum Gasteiger partial charge on any atom is 0.325 e. The van der Waals surface area contributed by atoms with Gasteiger partial charge in [-0.3, -0.25) is 4.79 Å². The second kappa shape index (κ2) is 7.63. The Morgan fingerprint density at radius 1 is 0.917 bits per heavy atom. The number of nitrogens with zero attached hydrogens (tertiary/aromatic N) is 5. The quantitative estimate of drug-likeness (QED) is 0.841. The SMILES string of the molecule is C[C@H](Nc1nc(N2CCCCC2)nc(N2CCCCC2)n1)C(=O)O. The number of anilines is 3. The van der Waals surface area contributed by atoms with Crippen molar-refractivity contribution in [1.29, 1.82) is 0 Å². The molecule has 1 aromatic rings. The van der Waals surface area contributed by atoms with E-state index in [1.807, 2.05) is 0 Å². The summed E-state index contributed by atoms with van der Waals surface area (Å²) in [5.74, 6) is 0.742. The first-order chi connectivity index (χ1) is 11.6. The van der Waals surface area contributed by atoms with Crippen LogP contribution in [-0.2, 0) is 4.79 Å². The van der Waals surface area contributed by atoms with Crippen molar-refractivity contribution in [2.24, 2.45) is 0 Å². The molecule has 3 heterocycles. The lowest BCUT2D eigenvalue weighted by Gasteiger charge is -2.30. The molecule has 132 valence electrons. The molecule has 2 fully saturated rings. The van der Waals surface area contributed by atoms with Crippen LogP contribution in [-0.4, -0.2) is 58.2 Å². The van der Waals surface area contributed by atoms with Crippen LogP contribution in [0.2, 0.25) is 0 Å². The monoisotopic (exact) mass is 334 g/mol. The summed E-state index contributed by atoms with van der Waals surface area (Å²) in [5.41, 5.74) is 0. The highest BCUT2D eigenvalue weighted by molar-refractivity contribution is 5.76. The highest BCUT2D eigenvalue weighted by Gasteiger charge is 2.21. The van der Waals surface area contributed by atoms with E-state index < -0.39 is 12.0 Å². The fourth-order valence-electron chi connectivity index (χ4n) is 3.14. The van der Waals surface area contributed by atoms with Gasteiger partial charge in [0.25, 0.3) is 0 Å². The van der Waals surface area contributed by atoms with Crippen molar-refractivity contribution in [2.45, 2.75) is 51.5 Å². The Bertz CT molecular complexity index is 533. The topological polar surface area (TPSA) is 94.5 Å². The molecule has 1 atom stereocenters. The molecule has 3 rings (SSSR count). The largest absolute Gasteiger partial charge is 0.480 e. The Kier molecular flexibility index (Phi) is 5.32. The number of carboxylic acid groups (broad SMARTS) is 1. The molecular weight excluding hydrogens is 308 g/mol. The Balaban J connectivity index is 1.87. The molecular formula is C16H26N6O2. The minimum absolute atomic E-state index is 0.348. The van der Waals surface area contributed by atoms with Crippen LogP contribution in [0, 0.1) is 0 Å². The number of piperidine rings is 2. The summed E-state index contributed by atoms with van der Waals surface area (Å²) < 4.78 is 0. The summed E-state index contributed by atoms with van der Waals surface area (Å²) in [6.07, 6.45) is 7.03. The molecule has 2 saturated heterocycles. The third-order valence-electron chi connectivity index (χ3n) is 4.61. The van der Waals surface area contributed by atoms with E-state index in [0.29, 0.717) is 17.8 Å². The zero-order valence-electron chi connectivity index (χ0n) is 14.2. The normalized spacial score (nSPS) is 19.9. The predicted molar refractivity (Wildman–Crippen MR) is 92.7 cm³/mol. The molecule has 2 aliphatic rings. The predicted octanol–water partition coefficient (Wildman–Crippen LogP) is 1.74. The average Bonchev–Trinajstić information content (AvgIpc) is 2.63. The molecule has 0 aromatic carbocycles. The molecule has 8 nitrogen and oxygen atoms in total. The summed E-state index contributed by atoms with van der Waals surface area (Å²) >= 11 is 0. The van der Waals surface area contributed by atoms with Crippen molar-refractivity contribution in [3.63, 3.8) is 0 Å². The first kappa shape index (κ1) is 16.7. The summed E-state index contributed by atoms with van der Waals surface area (Å²) in [7, 11) is 0. The Morgan fingerprint density at radius 2 is 1.38 bits per heavy atom. The number of nitrogens with one attached hydrogen (secondary N) is 1. The summed E-state index contributed by atoms with van der Waals surface area (Å²) in [5, 5.41) is 12.0. The molecule has 0 spiro atoms. The molecule has 0 unspecified atom stereocenters. The van der Waals surface area contributed by atoms with Gasteiger partial charge in [0.05, 0.1) is 0 Å². The van der Waals surface area contributed by atoms with Crippen LogP contribution in [0.25, 0.3) is 0 Å². The van der Waals surface area contributed by atoms with Crippen LogP contribution in [0.4, 0.5) is 17.8 Å². The number of carbonyl (C=O) groups is 1. The zero-order chi connectivity index (χ0) is 16.9. The number of carboxylic acids is 1. The molecule has 0 radical (unpaired) electrons. The summed E-state index contributed by atoms with van der Waals surface area (Å²) in [4.78, 5) is 29.1. The first-order valence-electron chi connectivity index (χ1n) is 8.89. The van der Waals surface area contributed by atoms with Crippen LogP contribution in [0.5, 0.6) is 0 Å². The molecule has 0 saturated carbocycles. The Hall–Kier alpha value is -2.12. The maximum atomic E-state index is 11.1. The third-order valence-corrected chi connectivity index (χ3v) is 4.61. The molecule has 2 N–H and O–H groups in total. The van der Waals surface area contributed by atoms with Gasteiger partial charge in [0.15, 0.2) is 0 Å².